The van der Waals surface area contributed by atoms with Crippen LogP contribution in [0.4, 0.5) is 11.4 Å². The summed E-state index contributed by atoms with van der Waals surface area (Å²) in [5.74, 6) is 0. The van der Waals surface area contributed by atoms with Gasteiger partial charge >= 0.3 is 0 Å². The standard InChI is InChI=1S/C18H23IN2O2S/c1-5-21(6-2)17-12-15(19)11-16(13-17)20(4)24(22,23)18-9-7-14(3)8-10-18/h7-13H,5-6H2,1-4H3. The Morgan fingerprint density at radius 1 is 0.958 bits per heavy atom. The van der Waals surface area contributed by atoms with E-state index in [1.807, 2.05) is 31.2 Å². The maximum atomic E-state index is 12.9. The van der Waals surface area contributed by atoms with Crippen molar-refractivity contribution >= 4 is 44.0 Å². The Morgan fingerprint density at radius 2 is 1.50 bits per heavy atom. The largest absolute Gasteiger partial charge is 0.372 e. The van der Waals surface area contributed by atoms with Crippen molar-refractivity contribution in [3.8, 4) is 0 Å². The Balaban J connectivity index is 2.45. The molecule has 6 heteroatoms. The fraction of sp³-hybridized carbons (Fsp3) is 0.333. The summed E-state index contributed by atoms with van der Waals surface area (Å²) < 4.78 is 28.1. The van der Waals surface area contributed by atoms with Crippen LogP contribution in [0.3, 0.4) is 0 Å². The maximum Gasteiger partial charge on any atom is 0.264 e. The fourth-order valence-electron chi connectivity index (χ4n) is 2.52. The van der Waals surface area contributed by atoms with Gasteiger partial charge in [0.1, 0.15) is 0 Å². The third kappa shape index (κ3) is 4.03. The molecule has 0 aliphatic carbocycles. The molecule has 0 aromatic heterocycles. The van der Waals surface area contributed by atoms with E-state index in [0.717, 1.165) is 27.9 Å². The number of halogens is 1. The molecule has 0 unspecified atom stereocenters. The zero-order valence-corrected chi connectivity index (χ0v) is 17.4. The Bertz CT molecular complexity index is 800. The predicted octanol–water partition coefficient (Wildman–Crippen LogP) is 4.27. The molecule has 0 saturated heterocycles. The second kappa shape index (κ2) is 7.74. The lowest BCUT2D eigenvalue weighted by molar-refractivity contribution is 0.594. The molecule has 2 aromatic rings. The van der Waals surface area contributed by atoms with Crippen LogP contribution in [0.2, 0.25) is 0 Å². The molecule has 130 valence electrons. The minimum absolute atomic E-state index is 0.304. The van der Waals surface area contributed by atoms with E-state index in [4.69, 9.17) is 0 Å². The van der Waals surface area contributed by atoms with Crippen molar-refractivity contribution in [3.05, 3.63) is 51.6 Å². The van der Waals surface area contributed by atoms with E-state index in [1.54, 1.807) is 19.2 Å². The quantitative estimate of drug-likeness (QED) is 0.608. The summed E-state index contributed by atoms with van der Waals surface area (Å²) in [5.41, 5.74) is 2.74. The number of aryl methyl sites for hydroxylation is 1. The van der Waals surface area contributed by atoms with Crippen molar-refractivity contribution in [2.24, 2.45) is 0 Å². The number of hydrogen-bond acceptors (Lipinski definition) is 3. The average Bonchev–Trinajstić information content (AvgIpc) is 2.55. The zero-order chi connectivity index (χ0) is 17.9. The highest BCUT2D eigenvalue weighted by Crippen LogP contribution is 2.29. The zero-order valence-electron chi connectivity index (χ0n) is 14.5. The van der Waals surface area contributed by atoms with E-state index in [0.29, 0.717) is 10.6 Å². The first-order valence-corrected chi connectivity index (χ1v) is 10.4. The van der Waals surface area contributed by atoms with Gasteiger partial charge in [0, 0.05) is 29.4 Å². The predicted molar refractivity (Wildman–Crippen MR) is 109 cm³/mol. The van der Waals surface area contributed by atoms with E-state index in [1.165, 1.54) is 4.31 Å². The van der Waals surface area contributed by atoms with Crippen molar-refractivity contribution in [1.82, 2.24) is 0 Å². The van der Waals surface area contributed by atoms with Crippen LogP contribution in [-0.2, 0) is 10.0 Å². The molecule has 0 bridgehead atoms. The summed E-state index contributed by atoms with van der Waals surface area (Å²) in [6, 6.07) is 12.8. The van der Waals surface area contributed by atoms with Gasteiger partial charge in [0.2, 0.25) is 0 Å². The molecule has 0 atom stereocenters. The van der Waals surface area contributed by atoms with Crippen LogP contribution in [0.5, 0.6) is 0 Å². The number of nitrogens with zero attached hydrogens (tertiary/aromatic N) is 2. The number of sulfonamides is 1. The Kier molecular flexibility index (Phi) is 6.14. The van der Waals surface area contributed by atoms with E-state index < -0.39 is 10.0 Å². The summed E-state index contributed by atoms with van der Waals surface area (Å²) in [6.45, 7) is 7.89. The molecule has 2 rings (SSSR count). The topological polar surface area (TPSA) is 40.6 Å². The Hall–Kier alpha value is -1.28. The highest BCUT2D eigenvalue weighted by molar-refractivity contribution is 14.1. The average molecular weight is 458 g/mol. The van der Waals surface area contributed by atoms with E-state index in [9.17, 15) is 8.42 Å². The van der Waals surface area contributed by atoms with Gasteiger partial charge in [-0.1, -0.05) is 17.7 Å². The summed E-state index contributed by atoms with van der Waals surface area (Å²) in [6.07, 6.45) is 0. The van der Waals surface area contributed by atoms with Crippen LogP contribution < -0.4 is 9.21 Å². The van der Waals surface area contributed by atoms with Crippen LogP contribution in [0, 0.1) is 10.5 Å². The first-order valence-electron chi connectivity index (χ1n) is 7.90. The number of anilines is 2. The lowest BCUT2D eigenvalue weighted by atomic mass is 10.2. The normalized spacial score (nSPS) is 11.4. The monoisotopic (exact) mass is 458 g/mol. The third-order valence-corrected chi connectivity index (χ3v) is 6.46. The van der Waals surface area contributed by atoms with Crippen LogP contribution in [0.1, 0.15) is 19.4 Å². The second-order valence-corrected chi connectivity index (χ2v) is 8.84. The van der Waals surface area contributed by atoms with Crippen molar-refractivity contribution in [1.29, 1.82) is 0 Å². The molecule has 0 heterocycles. The summed E-state index contributed by atoms with van der Waals surface area (Å²) >= 11 is 2.23. The highest BCUT2D eigenvalue weighted by Gasteiger charge is 2.22. The highest BCUT2D eigenvalue weighted by atomic mass is 127. The van der Waals surface area contributed by atoms with Crippen molar-refractivity contribution < 1.29 is 8.42 Å². The number of benzene rings is 2. The molecule has 0 amide bonds. The second-order valence-electron chi connectivity index (χ2n) is 5.63. The first kappa shape index (κ1) is 19.1. The minimum Gasteiger partial charge on any atom is -0.372 e. The SMILES string of the molecule is CCN(CC)c1cc(I)cc(N(C)S(=O)(=O)c2ccc(C)cc2)c1. The Morgan fingerprint density at radius 3 is 2.04 bits per heavy atom. The van der Waals surface area contributed by atoms with Gasteiger partial charge in [0.25, 0.3) is 10.0 Å². The molecule has 0 fully saturated rings. The molecule has 0 radical (unpaired) electrons. The van der Waals surface area contributed by atoms with E-state index in [-0.39, 0.29) is 0 Å². The molecule has 0 aliphatic rings. The molecule has 4 nitrogen and oxygen atoms in total. The molecular weight excluding hydrogens is 435 g/mol. The van der Waals surface area contributed by atoms with Gasteiger partial charge in [-0.2, -0.15) is 0 Å². The van der Waals surface area contributed by atoms with Crippen LogP contribution in [0.25, 0.3) is 0 Å². The molecule has 2 aromatic carbocycles. The van der Waals surface area contributed by atoms with Gasteiger partial charge in [-0.3, -0.25) is 4.31 Å². The fourth-order valence-corrected chi connectivity index (χ4v) is 4.34. The van der Waals surface area contributed by atoms with Crippen LogP contribution in [-0.4, -0.2) is 28.6 Å². The minimum atomic E-state index is -3.57. The molecule has 0 saturated carbocycles. The number of rotatable bonds is 6. The summed E-state index contributed by atoms with van der Waals surface area (Å²) in [5, 5.41) is 0. The first-order chi connectivity index (χ1) is 11.3. The van der Waals surface area contributed by atoms with Crippen LogP contribution in [0.15, 0.2) is 47.4 Å². The van der Waals surface area contributed by atoms with Gasteiger partial charge in [-0.25, -0.2) is 8.42 Å². The van der Waals surface area contributed by atoms with Crippen molar-refractivity contribution in [2.75, 3.05) is 29.3 Å². The maximum absolute atomic E-state index is 12.9. The van der Waals surface area contributed by atoms with Crippen LogP contribution >= 0.6 is 22.6 Å². The molecular formula is C18H23IN2O2S. The molecule has 24 heavy (non-hydrogen) atoms. The van der Waals surface area contributed by atoms with Crippen molar-refractivity contribution in [2.45, 2.75) is 25.7 Å². The van der Waals surface area contributed by atoms with Gasteiger partial charge < -0.3 is 4.90 Å². The van der Waals surface area contributed by atoms with E-state index >= 15 is 0 Å². The lowest BCUT2D eigenvalue weighted by Gasteiger charge is -2.25. The molecule has 0 N–H and O–H groups in total. The Labute approximate surface area is 158 Å². The smallest absolute Gasteiger partial charge is 0.264 e. The summed E-state index contributed by atoms with van der Waals surface area (Å²) in [7, 11) is -1.97. The number of hydrogen-bond donors (Lipinski definition) is 0. The molecule has 0 spiro atoms. The lowest BCUT2D eigenvalue weighted by Crippen LogP contribution is -2.27. The van der Waals surface area contributed by atoms with Gasteiger partial charge in [-0.15, -0.1) is 0 Å². The van der Waals surface area contributed by atoms with Gasteiger partial charge in [0.15, 0.2) is 0 Å². The van der Waals surface area contributed by atoms with Gasteiger partial charge in [-0.05, 0) is 73.7 Å². The van der Waals surface area contributed by atoms with E-state index in [2.05, 4.69) is 47.4 Å². The van der Waals surface area contributed by atoms with Gasteiger partial charge in [0.05, 0.1) is 10.6 Å². The third-order valence-electron chi connectivity index (χ3n) is 4.04. The molecule has 0 aliphatic heterocycles. The van der Waals surface area contributed by atoms with Crippen molar-refractivity contribution in [3.63, 3.8) is 0 Å². The summed E-state index contributed by atoms with van der Waals surface area (Å²) in [4.78, 5) is 2.51.